The maximum Gasteiger partial charge on any atom is 0.156 e. The molecule has 6 nitrogen and oxygen atoms in total. The van der Waals surface area contributed by atoms with E-state index in [0.29, 0.717) is 0 Å². The van der Waals surface area contributed by atoms with E-state index in [2.05, 4.69) is 19.9 Å². The minimum Gasteiger partial charge on any atom is -0.252 e. The Morgan fingerprint density at radius 3 is 1.39 bits per heavy atom. The van der Waals surface area contributed by atoms with E-state index in [1.165, 1.54) is 22.7 Å². The fraction of sp³-hybridized carbons (Fsp3) is 0. The van der Waals surface area contributed by atoms with Crippen molar-refractivity contribution in [1.29, 1.82) is 0 Å². The van der Waals surface area contributed by atoms with Crippen molar-refractivity contribution in [3.05, 3.63) is 60.9 Å². The van der Waals surface area contributed by atoms with Crippen LogP contribution >= 0.6 is 22.7 Å². The van der Waals surface area contributed by atoms with E-state index >= 15 is 0 Å². The monoisotopic (exact) mass is 398 g/mol. The van der Waals surface area contributed by atoms with Gasteiger partial charge in [-0.25, -0.2) is 19.9 Å². The van der Waals surface area contributed by atoms with Crippen LogP contribution in [0.15, 0.2) is 60.9 Å². The molecule has 6 aromatic rings. The summed E-state index contributed by atoms with van der Waals surface area (Å²) in [5.41, 5.74) is 5.00. The Morgan fingerprint density at radius 2 is 0.929 bits per heavy atom. The Morgan fingerprint density at radius 1 is 0.500 bits per heavy atom. The van der Waals surface area contributed by atoms with Gasteiger partial charge in [0, 0.05) is 0 Å². The van der Waals surface area contributed by atoms with Gasteiger partial charge in [0.1, 0.15) is 21.4 Å². The van der Waals surface area contributed by atoms with Gasteiger partial charge in [-0.05, 0) is 24.3 Å². The molecule has 0 atom stereocenters. The molecule has 8 heteroatoms. The highest BCUT2D eigenvalue weighted by molar-refractivity contribution is 7.29. The number of hydrogen-bond donors (Lipinski definition) is 0. The van der Waals surface area contributed by atoms with E-state index in [9.17, 15) is 0 Å². The van der Waals surface area contributed by atoms with Crippen molar-refractivity contribution >= 4 is 54.4 Å². The van der Waals surface area contributed by atoms with Crippen LogP contribution in [0.2, 0.25) is 0 Å². The number of benzene rings is 2. The van der Waals surface area contributed by atoms with E-state index < -0.39 is 0 Å². The normalized spacial score (nSPS) is 11.6. The van der Waals surface area contributed by atoms with Crippen LogP contribution in [-0.2, 0) is 0 Å². The fourth-order valence-corrected chi connectivity index (χ4v) is 4.93. The van der Waals surface area contributed by atoms with Crippen LogP contribution in [0.4, 0.5) is 0 Å². The smallest absolute Gasteiger partial charge is 0.156 e. The summed E-state index contributed by atoms with van der Waals surface area (Å²) in [6.45, 7) is 0. The molecule has 0 aliphatic carbocycles. The predicted molar refractivity (Wildman–Crippen MR) is 112 cm³/mol. The Bertz CT molecular complexity index is 1350. The lowest BCUT2D eigenvalue weighted by Crippen LogP contribution is -1.88. The summed E-state index contributed by atoms with van der Waals surface area (Å²) >= 11 is 3.03. The molecule has 0 aliphatic rings. The Balaban J connectivity index is 1.41. The van der Waals surface area contributed by atoms with Gasteiger partial charge in [-0.3, -0.25) is 9.97 Å². The summed E-state index contributed by atoms with van der Waals surface area (Å²) in [6, 6.07) is 15.6. The second kappa shape index (κ2) is 6.08. The van der Waals surface area contributed by atoms with Crippen LogP contribution in [0.1, 0.15) is 0 Å². The number of fused-ring (bicyclic) bond motifs is 3. The Kier molecular flexibility index (Phi) is 3.40. The molecular formula is C20H10N6S2. The molecule has 0 aliphatic heterocycles. The zero-order chi connectivity index (χ0) is 18.5. The molecule has 0 bridgehead atoms. The molecule has 0 unspecified atom stereocenters. The number of para-hydroxylation sites is 4. The van der Waals surface area contributed by atoms with Crippen LogP contribution in [-0.4, -0.2) is 29.9 Å². The molecule has 0 fully saturated rings. The minimum atomic E-state index is 0.765. The number of aromatic nitrogens is 6. The van der Waals surface area contributed by atoms with Crippen molar-refractivity contribution in [3.8, 4) is 21.4 Å². The Hall–Kier alpha value is -3.36. The summed E-state index contributed by atoms with van der Waals surface area (Å²) in [7, 11) is 0. The molecule has 2 aromatic carbocycles. The summed E-state index contributed by atoms with van der Waals surface area (Å²) in [5, 5.41) is 1.64. The van der Waals surface area contributed by atoms with Gasteiger partial charge in [-0.15, -0.1) is 0 Å². The molecule has 0 saturated heterocycles. The standard InChI is InChI=1S/C20H10N6S2/c1-3-7-13-11(5-1)21-9-15(23-13)17-25-19-20(27-17)26-18(28-19)16-10-22-12-6-2-4-8-14(12)24-16/h1-10H. The molecule has 4 heterocycles. The molecule has 0 amide bonds. The second-order valence-corrected chi connectivity index (χ2v) is 8.09. The van der Waals surface area contributed by atoms with Gasteiger partial charge in [0.25, 0.3) is 0 Å². The zero-order valence-electron chi connectivity index (χ0n) is 14.3. The lowest BCUT2D eigenvalue weighted by atomic mass is 10.3. The lowest BCUT2D eigenvalue weighted by molar-refractivity contribution is 1.28. The molecular weight excluding hydrogens is 388 g/mol. The number of rotatable bonds is 2. The number of hydrogen-bond acceptors (Lipinski definition) is 8. The van der Waals surface area contributed by atoms with Gasteiger partial charge < -0.3 is 0 Å². The largest absolute Gasteiger partial charge is 0.252 e. The van der Waals surface area contributed by atoms with Crippen LogP contribution in [0, 0.1) is 0 Å². The van der Waals surface area contributed by atoms with Crippen molar-refractivity contribution in [1.82, 2.24) is 29.9 Å². The third kappa shape index (κ3) is 2.54. The molecule has 0 radical (unpaired) electrons. The first kappa shape index (κ1) is 15.7. The van der Waals surface area contributed by atoms with Crippen molar-refractivity contribution in [2.45, 2.75) is 0 Å². The predicted octanol–water partition coefficient (Wildman–Crippen LogP) is 4.97. The zero-order valence-corrected chi connectivity index (χ0v) is 15.9. The van der Waals surface area contributed by atoms with Gasteiger partial charge in [0.15, 0.2) is 9.66 Å². The maximum absolute atomic E-state index is 4.72. The van der Waals surface area contributed by atoms with Gasteiger partial charge in [0.2, 0.25) is 0 Å². The van der Waals surface area contributed by atoms with Crippen molar-refractivity contribution in [2.24, 2.45) is 0 Å². The van der Waals surface area contributed by atoms with Gasteiger partial charge in [-0.1, -0.05) is 46.9 Å². The van der Waals surface area contributed by atoms with Gasteiger partial charge >= 0.3 is 0 Å². The number of thiazole rings is 2. The topological polar surface area (TPSA) is 77.3 Å². The molecule has 0 N–H and O–H groups in total. The van der Waals surface area contributed by atoms with Crippen molar-refractivity contribution in [3.63, 3.8) is 0 Å². The molecule has 4 aromatic heterocycles. The van der Waals surface area contributed by atoms with E-state index in [4.69, 9.17) is 9.97 Å². The third-order valence-electron chi connectivity index (χ3n) is 4.31. The summed E-state index contributed by atoms with van der Waals surface area (Å²) in [4.78, 5) is 29.5. The Labute approximate surface area is 166 Å². The summed E-state index contributed by atoms with van der Waals surface area (Å²) in [6.07, 6.45) is 3.53. The van der Waals surface area contributed by atoms with E-state index in [1.54, 1.807) is 12.4 Å². The quantitative estimate of drug-likeness (QED) is 0.410. The van der Waals surface area contributed by atoms with Gasteiger partial charge in [0.05, 0.1) is 34.5 Å². The van der Waals surface area contributed by atoms with Gasteiger partial charge in [-0.2, -0.15) is 0 Å². The second-order valence-electron chi connectivity index (χ2n) is 6.14. The highest BCUT2D eigenvalue weighted by atomic mass is 32.1. The average Bonchev–Trinajstić information content (AvgIpc) is 3.32. The first-order valence-electron chi connectivity index (χ1n) is 8.55. The van der Waals surface area contributed by atoms with E-state index in [0.717, 1.165) is 53.1 Å². The average molecular weight is 398 g/mol. The fourth-order valence-electron chi connectivity index (χ4n) is 2.98. The first-order valence-corrected chi connectivity index (χ1v) is 10.2. The maximum atomic E-state index is 4.72. The number of nitrogens with zero attached hydrogens (tertiary/aromatic N) is 6. The van der Waals surface area contributed by atoms with Crippen LogP contribution in [0.3, 0.4) is 0 Å². The lowest BCUT2D eigenvalue weighted by Gasteiger charge is -1.99. The minimum absolute atomic E-state index is 0.765. The van der Waals surface area contributed by atoms with E-state index in [-0.39, 0.29) is 0 Å². The van der Waals surface area contributed by atoms with Crippen molar-refractivity contribution in [2.75, 3.05) is 0 Å². The highest BCUT2D eigenvalue weighted by Gasteiger charge is 2.15. The highest BCUT2D eigenvalue weighted by Crippen LogP contribution is 2.35. The summed E-state index contributed by atoms with van der Waals surface area (Å²) < 4.78 is 0. The van der Waals surface area contributed by atoms with E-state index in [1.807, 2.05) is 48.5 Å². The van der Waals surface area contributed by atoms with Crippen molar-refractivity contribution < 1.29 is 0 Å². The molecule has 0 saturated carbocycles. The third-order valence-corrected chi connectivity index (χ3v) is 6.38. The molecule has 0 spiro atoms. The summed E-state index contributed by atoms with van der Waals surface area (Å²) in [5.74, 6) is 0. The van der Waals surface area contributed by atoms with Crippen LogP contribution in [0.25, 0.3) is 53.1 Å². The SMILES string of the molecule is c1ccc2nc(-c3nc4sc(-c5cnc6ccccc6n5)nc4s3)cnc2c1. The molecule has 132 valence electrons. The molecule has 28 heavy (non-hydrogen) atoms. The first-order chi connectivity index (χ1) is 13.8. The molecule has 6 rings (SSSR count). The van der Waals surface area contributed by atoms with Crippen LogP contribution < -0.4 is 0 Å². The van der Waals surface area contributed by atoms with Crippen LogP contribution in [0.5, 0.6) is 0 Å².